The molecule has 30 heavy (non-hydrogen) atoms. The Balaban J connectivity index is 1.53. The Morgan fingerprint density at radius 3 is 2.17 bits per heavy atom. The van der Waals surface area contributed by atoms with Crippen molar-refractivity contribution in [3.8, 4) is 22.3 Å². The second kappa shape index (κ2) is 6.89. The maximum atomic E-state index is 3.80. The zero-order chi connectivity index (χ0) is 19.9. The number of nitrogens with one attached hydrogen (secondary N) is 1. The highest BCUT2D eigenvalue weighted by Crippen LogP contribution is 2.45. The third kappa shape index (κ3) is 2.79. The summed E-state index contributed by atoms with van der Waals surface area (Å²) in [7, 11) is 0. The molecule has 0 saturated heterocycles. The Kier molecular flexibility index (Phi) is 3.92. The van der Waals surface area contributed by atoms with Crippen LogP contribution in [0.25, 0.3) is 33.0 Å². The van der Waals surface area contributed by atoms with Gasteiger partial charge in [0.05, 0.1) is 5.69 Å². The lowest BCUT2D eigenvalue weighted by Gasteiger charge is -2.18. The maximum Gasteiger partial charge on any atom is 0.0506 e. The first-order valence-electron chi connectivity index (χ1n) is 10.4. The fourth-order valence-corrected chi connectivity index (χ4v) is 4.62. The highest BCUT2D eigenvalue weighted by Gasteiger charge is 2.23. The fraction of sp³-hybridized carbons (Fsp3) is 0.0345. The molecule has 0 heterocycles. The van der Waals surface area contributed by atoms with E-state index in [1.807, 2.05) is 0 Å². The van der Waals surface area contributed by atoms with Crippen LogP contribution in [-0.4, -0.2) is 0 Å². The number of fused-ring (bicyclic) bond motifs is 4. The summed E-state index contributed by atoms with van der Waals surface area (Å²) in [6.07, 6.45) is 0.960. The first-order chi connectivity index (χ1) is 14.9. The van der Waals surface area contributed by atoms with E-state index >= 15 is 0 Å². The molecule has 1 nitrogen and oxygen atoms in total. The molecule has 1 N–H and O–H groups in total. The standard InChI is InChI=1S/C29H21N/c1-2-9-21(10-3-1)26-16-17-27-25-13-7-6-12-23(25)19-28(27)29(26)30-24-15-14-20-8-4-5-11-22(20)18-24/h1-18,30H,19H2. The summed E-state index contributed by atoms with van der Waals surface area (Å²) in [4.78, 5) is 0. The lowest BCUT2D eigenvalue weighted by molar-refractivity contribution is 1.26. The molecule has 1 aliphatic carbocycles. The molecule has 142 valence electrons. The molecule has 0 fully saturated rings. The van der Waals surface area contributed by atoms with E-state index in [4.69, 9.17) is 0 Å². The van der Waals surface area contributed by atoms with Crippen molar-refractivity contribution in [2.75, 3.05) is 5.32 Å². The van der Waals surface area contributed by atoms with E-state index in [-0.39, 0.29) is 0 Å². The summed E-state index contributed by atoms with van der Waals surface area (Å²) < 4.78 is 0. The maximum absolute atomic E-state index is 3.80. The monoisotopic (exact) mass is 383 g/mol. The molecule has 0 saturated carbocycles. The largest absolute Gasteiger partial charge is 0.355 e. The zero-order valence-corrected chi connectivity index (χ0v) is 16.6. The number of hydrogen-bond acceptors (Lipinski definition) is 1. The van der Waals surface area contributed by atoms with Crippen LogP contribution >= 0.6 is 0 Å². The van der Waals surface area contributed by atoms with Gasteiger partial charge in [-0.25, -0.2) is 0 Å². The van der Waals surface area contributed by atoms with Crippen molar-refractivity contribution in [2.24, 2.45) is 0 Å². The minimum atomic E-state index is 0.960. The van der Waals surface area contributed by atoms with Crippen LogP contribution < -0.4 is 5.32 Å². The molecule has 0 unspecified atom stereocenters. The predicted octanol–water partition coefficient (Wildman–Crippen LogP) is 7.82. The van der Waals surface area contributed by atoms with Crippen LogP contribution in [0.2, 0.25) is 0 Å². The summed E-state index contributed by atoms with van der Waals surface area (Å²) in [6.45, 7) is 0. The molecule has 0 radical (unpaired) electrons. The van der Waals surface area contributed by atoms with Gasteiger partial charge in [0.25, 0.3) is 0 Å². The van der Waals surface area contributed by atoms with Crippen molar-refractivity contribution in [1.29, 1.82) is 0 Å². The van der Waals surface area contributed by atoms with Gasteiger partial charge in [-0.1, -0.05) is 97.1 Å². The minimum Gasteiger partial charge on any atom is -0.355 e. The summed E-state index contributed by atoms with van der Waals surface area (Å²) in [6, 6.07) is 39.1. The molecule has 5 aromatic rings. The summed E-state index contributed by atoms with van der Waals surface area (Å²) in [5.41, 5.74) is 10.3. The van der Waals surface area contributed by atoms with Gasteiger partial charge in [-0.15, -0.1) is 0 Å². The fourth-order valence-electron chi connectivity index (χ4n) is 4.62. The van der Waals surface area contributed by atoms with E-state index in [9.17, 15) is 0 Å². The molecule has 0 amide bonds. The van der Waals surface area contributed by atoms with Crippen molar-refractivity contribution in [1.82, 2.24) is 0 Å². The van der Waals surface area contributed by atoms with Crippen molar-refractivity contribution in [3.05, 3.63) is 120 Å². The predicted molar refractivity (Wildman–Crippen MR) is 127 cm³/mol. The van der Waals surface area contributed by atoms with Crippen LogP contribution in [0.15, 0.2) is 109 Å². The third-order valence-electron chi connectivity index (χ3n) is 6.09. The topological polar surface area (TPSA) is 12.0 Å². The van der Waals surface area contributed by atoms with Crippen LogP contribution in [0.5, 0.6) is 0 Å². The van der Waals surface area contributed by atoms with Crippen LogP contribution in [0.1, 0.15) is 11.1 Å². The number of rotatable bonds is 3. The Bertz CT molecular complexity index is 1380. The first-order valence-corrected chi connectivity index (χ1v) is 10.4. The van der Waals surface area contributed by atoms with Gasteiger partial charge in [0, 0.05) is 17.7 Å². The number of anilines is 2. The number of benzene rings is 5. The molecule has 1 aliphatic rings. The van der Waals surface area contributed by atoms with Gasteiger partial charge in [0.15, 0.2) is 0 Å². The quantitative estimate of drug-likeness (QED) is 0.328. The van der Waals surface area contributed by atoms with Gasteiger partial charge in [0.2, 0.25) is 0 Å². The summed E-state index contributed by atoms with van der Waals surface area (Å²) >= 11 is 0. The van der Waals surface area contributed by atoms with Gasteiger partial charge in [-0.2, -0.15) is 0 Å². The lowest BCUT2D eigenvalue weighted by atomic mass is 9.96. The summed E-state index contributed by atoms with van der Waals surface area (Å²) in [5.74, 6) is 0. The molecular weight excluding hydrogens is 362 g/mol. The van der Waals surface area contributed by atoms with Crippen molar-refractivity contribution in [3.63, 3.8) is 0 Å². The highest BCUT2D eigenvalue weighted by atomic mass is 14.9. The van der Waals surface area contributed by atoms with Crippen LogP contribution in [0.4, 0.5) is 11.4 Å². The molecule has 0 atom stereocenters. The van der Waals surface area contributed by atoms with E-state index < -0.39 is 0 Å². The van der Waals surface area contributed by atoms with E-state index in [2.05, 4.69) is 115 Å². The Hall–Kier alpha value is -3.84. The van der Waals surface area contributed by atoms with E-state index in [0.717, 1.165) is 12.1 Å². The van der Waals surface area contributed by atoms with Crippen LogP contribution in [0.3, 0.4) is 0 Å². The zero-order valence-electron chi connectivity index (χ0n) is 16.6. The minimum absolute atomic E-state index is 0.960. The smallest absolute Gasteiger partial charge is 0.0506 e. The third-order valence-corrected chi connectivity index (χ3v) is 6.09. The van der Waals surface area contributed by atoms with Gasteiger partial charge in [-0.3, -0.25) is 0 Å². The van der Waals surface area contributed by atoms with Gasteiger partial charge in [0.1, 0.15) is 0 Å². The Morgan fingerprint density at radius 2 is 1.27 bits per heavy atom. The van der Waals surface area contributed by atoms with E-state index in [1.165, 1.54) is 49.8 Å². The molecule has 6 rings (SSSR count). The molecule has 0 bridgehead atoms. The van der Waals surface area contributed by atoms with Crippen LogP contribution in [0, 0.1) is 0 Å². The molecule has 0 spiro atoms. The second-order valence-corrected chi connectivity index (χ2v) is 7.90. The molecule has 0 aromatic heterocycles. The van der Waals surface area contributed by atoms with Crippen molar-refractivity contribution in [2.45, 2.75) is 6.42 Å². The average Bonchev–Trinajstić information content (AvgIpc) is 3.19. The highest BCUT2D eigenvalue weighted by molar-refractivity contribution is 5.94. The van der Waals surface area contributed by atoms with Gasteiger partial charge in [-0.05, 0) is 50.7 Å². The molecule has 1 heteroatoms. The van der Waals surface area contributed by atoms with E-state index in [0.29, 0.717) is 0 Å². The first kappa shape index (κ1) is 17.1. The molecule has 5 aromatic carbocycles. The summed E-state index contributed by atoms with van der Waals surface area (Å²) in [5, 5.41) is 6.31. The average molecular weight is 383 g/mol. The number of hydrogen-bond donors (Lipinski definition) is 1. The Labute approximate surface area is 176 Å². The van der Waals surface area contributed by atoms with Crippen molar-refractivity contribution >= 4 is 22.1 Å². The SMILES string of the molecule is c1ccc(-c2ccc3c(c2Nc2ccc4ccccc4c2)Cc2ccccc2-3)cc1. The van der Waals surface area contributed by atoms with Gasteiger partial charge >= 0.3 is 0 Å². The normalized spacial score (nSPS) is 11.9. The molecule has 0 aliphatic heterocycles. The van der Waals surface area contributed by atoms with E-state index in [1.54, 1.807) is 0 Å². The second-order valence-electron chi connectivity index (χ2n) is 7.90. The Morgan fingerprint density at radius 1 is 0.533 bits per heavy atom. The van der Waals surface area contributed by atoms with Crippen molar-refractivity contribution < 1.29 is 0 Å². The molecular formula is C29H21N. The van der Waals surface area contributed by atoms with Gasteiger partial charge < -0.3 is 5.32 Å². The lowest BCUT2D eigenvalue weighted by Crippen LogP contribution is -1.99. The van der Waals surface area contributed by atoms with Crippen LogP contribution in [-0.2, 0) is 6.42 Å².